The fraction of sp³-hybridized carbons (Fsp3) is 0.143. The van der Waals surface area contributed by atoms with Crippen LogP contribution in [0.1, 0.15) is 17.2 Å². The molecule has 1 atom stereocenters. The summed E-state index contributed by atoms with van der Waals surface area (Å²) in [4.78, 5) is 0. The Labute approximate surface area is 129 Å². The number of hydrogen-bond acceptors (Lipinski definition) is 1. The first-order valence-corrected chi connectivity index (χ1v) is 7.17. The number of rotatable bonds is 3. The Hall–Kier alpha value is -0.610. The second-order valence-corrected chi connectivity index (χ2v) is 5.87. The van der Waals surface area contributed by atoms with Gasteiger partial charge in [0.05, 0.1) is 5.02 Å². The van der Waals surface area contributed by atoms with Gasteiger partial charge in [0.2, 0.25) is 0 Å². The van der Waals surface area contributed by atoms with E-state index >= 15 is 0 Å². The summed E-state index contributed by atoms with van der Waals surface area (Å²) < 4.78 is 14.5. The zero-order chi connectivity index (χ0) is 14.0. The van der Waals surface area contributed by atoms with Crippen LogP contribution in [0.4, 0.5) is 4.39 Å². The molecule has 19 heavy (non-hydrogen) atoms. The second kappa shape index (κ2) is 6.23. The number of nitrogens with two attached hydrogens (primary N) is 1. The fourth-order valence-electron chi connectivity index (χ4n) is 1.81. The van der Waals surface area contributed by atoms with Gasteiger partial charge >= 0.3 is 0 Å². The highest BCUT2D eigenvalue weighted by molar-refractivity contribution is 9.10. The molecule has 0 aromatic heterocycles. The van der Waals surface area contributed by atoms with Crippen LogP contribution in [0.3, 0.4) is 0 Å². The molecular weight excluding hydrogens is 352 g/mol. The molecule has 0 amide bonds. The van der Waals surface area contributed by atoms with E-state index in [-0.39, 0.29) is 5.02 Å². The lowest BCUT2D eigenvalue weighted by atomic mass is 9.99. The quantitative estimate of drug-likeness (QED) is 0.752. The van der Waals surface area contributed by atoms with Crippen LogP contribution in [-0.2, 0) is 6.42 Å². The van der Waals surface area contributed by atoms with E-state index in [0.29, 0.717) is 21.5 Å². The standard InChI is InChI=1S/C14H11BrCl2FN/c15-11-6-5-10(14(18)13(11)17)12(19)7-8-1-3-9(16)4-2-8/h1-6,12H,7,19H2. The molecule has 100 valence electrons. The van der Waals surface area contributed by atoms with E-state index < -0.39 is 11.9 Å². The van der Waals surface area contributed by atoms with Crippen molar-refractivity contribution in [1.29, 1.82) is 0 Å². The van der Waals surface area contributed by atoms with Crippen LogP contribution < -0.4 is 5.73 Å². The topological polar surface area (TPSA) is 26.0 Å². The van der Waals surface area contributed by atoms with E-state index in [4.69, 9.17) is 28.9 Å². The lowest BCUT2D eigenvalue weighted by Crippen LogP contribution is -2.15. The monoisotopic (exact) mass is 361 g/mol. The van der Waals surface area contributed by atoms with E-state index in [1.807, 2.05) is 12.1 Å². The molecule has 0 radical (unpaired) electrons. The maximum atomic E-state index is 14.0. The van der Waals surface area contributed by atoms with Crippen LogP contribution in [0.25, 0.3) is 0 Å². The molecule has 2 rings (SSSR count). The van der Waals surface area contributed by atoms with Gasteiger partial charge in [0, 0.05) is 21.1 Å². The van der Waals surface area contributed by atoms with Crippen LogP contribution in [0.15, 0.2) is 40.9 Å². The third kappa shape index (κ3) is 3.48. The summed E-state index contributed by atoms with van der Waals surface area (Å²) in [5, 5.41) is 0.722. The van der Waals surface area contributed by atoms with Crippen molar-refractivity contribution in [3.63, 3.8) is 0 Å². The number of benzene rings is 2. The Morgan fingerprint density at radius 2 is 1.74 bits per heavy atom. The van der Waals surface area contributed by atoms with E-state index in [1.54, 1.807) is 24.3 Å². The molecule has 0 spiro atoms. The van der Waals surface area contributed by atoms with Gasteiger partial charge in [-0.1, -0.05) is 41.4 Å². The molecule has 2 aromatic rings. The van der Waals surface area contributed by atoms with Gasteiger partial charge < -0.3 is 5.73 Å². The van der Waals surface area contributed by atoms with Crippen molar-refractivity contribution in [3.05, 3.63) is 67.9 Å². The zero-order valence-corrected chi connectivity index (χ0v) is 12.9. The van der Waals surface area contributed by atoms with E-state index in [1.165, 1.54) is 0 Å². The summed E-state index contributed by atoms with van der Waals surface area (Å²) in [6.07, 6.45) is 0.520. The van der Waals surface area contributed by atoms with E-state index in [0.717, 1.165) is 5.56 Å². The van der Waals surface area contributed by atoms with Gasteiger partial charge in [-0.05, 0) is 46.1 Å². The largest absolute Gasteiger partial charge is 0.324 e. The fourth-order valence-corrected chi connectivity index (χ4v) is 2.42. The second-order valence-electron chi connectivity index (χ2n) is 4.20. The van der Waals surface area contributed by atoms with Gasteiger partial charge in [0.15, 0.2) is 0 Å². The first kappa shape index (κ1) is 14.8. The van der Waals surface area contributed by atoms with Gasteiger partial charge in [-0.25, -0.2) is 4.39 Å². The molecule has 0 bridgehead atoms. The molecular formula is C14H11BrCl2FN. The predicted octanol–water partition coefficient (Wildman–Crippen LogP) is 5.14. The molecule has 0 aliphatic rings. The van der Waals surface area contributed by atoms with Crippen molar-refractivity contribution in [3.8, 4) is 0 Å². The zero-order valence-electron chi connectivity index (χ0n) is 9.84. The molecule has 1 nitrogen and oxygen atoms in total. The summed E-state index contributed by atoms with van der Waals surface area (Å²) in [5.41, 5.74) is 7.44. The van der Waals surface area contributed by atoms with Crippen molar-refractivity contribution in [1.82, 2.24) is 0 Å². The van der Waals surface area contributed by atoms with Crippen LogP contribution >= 0.6 is 39.1 Å². The van der Waals surface area contributed by atoms with E-state index in [9.17, 15) is 4.39 Å². The van der Waals surface area contributed by atoms with Crippen LogP contribution in [0.5, 0.6) is 0 Å². The molecule has 5 heteroatoms. The minimum atomic E-state index is -0.475. The number of halogens is 4. The Morgan fingerprint density at radius 3 is 2.37 bits per heavy atom. The molecule has 0 aliphatic carbocycles. The Morgan fingerprint density at radius 1 is 1.11 bits per heavy atom. The smallest absolute Gasteiger partial charge is 0.147 e. The summed E-state index contributed by atoms with van der Waals surface area (Å²) in [6.45, 7) is 0. The lowest BCUT2D eigenvalue weighted by Gasteiger charge is -2.14. The lowest BCUT2D eigenvalue weighted by molar-refractivity contribution is 0.580. The predicted molar refractivity (Wildman–Crippen MR) is 81.2 cm³/mol. The first-order chi connectivity index (χ1) is 8.99. The Balaban J connectivity index is 2.23. The molecule has 0 heterocycles. The van der Waals surface area contributed by atoms with Crippen LogP contribution in [0.2, 0.25) is 10.0 Å². The summed E-state index contributed by atoms with van der Waals surface area (Å²) in [6, 6.07) is 10.2. The molecule has 0 aliphatic heterocycles. The average Bonchev–Trinajstić information content (AvgIpc) is 2.39. The van der Waals surface area contributed by atoms with Crippen molar-refractivity contribution >= 4 is 39.1 Å². The first-order valence-electron chi connectivity index (χ1n) is 5.62. The minimum absolute atomic E-state index is 0.0593. The molecule has 2 aromatic carbocycles. The molecule has 0 saturated carbocycles. The summed E-state index contributed by atoms with van der Waals surface area (Å²) >= 11 is 14.8. The molecule has 0 saturated heterocycles. The van der Waals surface area contributed by atoms with Gasteiger partial charge in [-0.3, -0.25) is 0 Å². The SMILES string of the molecule is NC(Cc1ccc(Cl)cc1)c1ccc(Br)c(Cl)c1F. The van der Waals surface area contributed by atoms with Gasteiger partial charge in [0.1, 0.15) is 5.82 Å². The maximum Gasteiger partial charge on any atom is 0.147 e. The van der Waals surface area contributed by atoms with E-state index in [2.05, 4.69) is 15.9 Å². The highest BCUT2D eigenvalue weighted by Gasteiger charge is 2.16. The summed E-state index contributed by atoms with van der Waals surface area (Å²) in [7, 11) is 0. The number of hydrogen-bond donors (Lipinski definition) is 1. The van der Waals surface area contributed by atoms with Gasteiger partial charge in [-0.15, -0.1) is 0 Å². The van der Waals surface area contributed by atoms with Crippen LogP contribution in [-0.4, -0.2) is 0 Å². The van der Waals surface area contributed by atoms with Crippen molar-refractivity contribution in [2.45, 2.75) is 12.5 Å². The maximum absolute atomic E-state index is 14.0. The van der Waals surface area contributed by atoms with Gasteiger partial charge in [-0.2, -0.15) is 0 Å². The molecule has 1 unspecified atom stereocenters. The average molecular weight is 363 g/mol. The normalized spacial score (nSPS) is 12.5. The summed E-state index contributed by atoms with van der Waals surface area (Å²) in [5.74, 6) is -0.475. The van der Waals surface area contributed by atoms with Gasteiger partial charge in [0.25, 0.3) is 0 Å². The van der Waals surface area contributed by atoms with Crippen molar-refractivity contribution in [2.24, 2.45) is 5.73 Å². The Kier molecular flexibility index (Phi) is 4.85. The third-order valence-electron chi connectivity index (χ3n) is 2.83. The highest BCUT2D eigenvalue weighted by Crippen LogP contribution is 2.30. The highest BCUT2D eigenvalue weighted by atomic mass is 79.9. The van der Waals surface area contributed by atoms with Crippen molar-refractivity contribution < 1.29 is 4.39 Å². The van der Waals surface area contributed by atoms with Crippen LogP contribution in [0, 0.1) is 5.82 Å². The minimum Gasteiger partial charge on any atom is -0.324 e. The Bertz CT molecular complexity index is 587. The molecule has 0 fully saturated rings. The third-order valence-corrected chi connectivity index (χ3v) is 4.34. The molecule has 2 N–H and O–H groups in total. The van der Waals surface area contributed by atoms with Crippen molar-refractivity contribution in [2.75, 3.05) is 0 Å².